The average molecular weight is 275 g/mol. The predicted molar refractivity (Wildman–Crippen MR) is 82.2 cm³/mol. The number of allylic oxidation sites excluding steroid dienone is 2. The van der Waals surface area contributed by atoms with Crippen LogP contribution in [0.15, 0.2) is 28.9 Å². The molecule has 0 aromatic heterocycles. The Morgan fingerprint density at radius 3 is 2.75 bits per heavy atom. The molecule has 20 heavy (non-hydrogen) atoms. The Bertz CT molecular complexity index is 425. The Morgan fingerprint density at radius 1 is 1.45 bits per heavy atom. The molecule has 1 saturated heterocycles. The lowest BCUT2D eigenvalue weighted by Gasteiger charge is -2.35. The molecule has 1 aliphatic heterocycles. The van der Waals surface area contributed by atoms with E-state index in [1.807, 2.05) is 23.1 Å². The Kier molecular flexibility index (Phi) is 4.99. The van der Waals surface area contributed by atoms with Gasteiger partial charge in [0, 0.05) is 13.1 Å². The first-order chi connectivity index (χ1) is 9.61. The van der Waals surface area contributed by atoms with Crippen LogP contribution >= 0.6 is 0 Å². The SMILES string of the molecule is CC(C)C1CCN(C(=O)C2C=C(N=CN)C=CC2)CC1. The molecule has 1 heterocycles. The summed E-state index contributed by atoms with van der Waals surface area (Å²) in [5.74, 6) is 1.64. The van der Waals surface area contributed by atoms with Gasteiger partial charge < -0.3 is 10.6 Å². The van der Waals surface area contributed by atoms with Gasteiger partial charge in [-0.25, -0.2) is 4.99 Å². The fraction of sp³-hybridized carbons (Fsp3) is 0.625. The van der Waals surface area contributed by atoms with E-state index in [1.165, 1.54) is 6.34 Å². The molecule has 1 amide bonds. The molecule has 4 heteroatoms. The van der Waals surface area contributed by atoms with Crippen molar-refractivity contribution in [1.82, 2.24) is 4.90 Å². The summed E-state index contributed by atoms with van der Waals surface area (Å²) < 4.78 is 0. The molecule has 2 N–H and O–H groups in total. The molecule has 0 aromatic rings. The fourth-order valence-corrected chi connectivity index (χ4v) is 3.03. The minimum atomic E-state index is -0.0747. The maximum Gasteiger partial charge on any atom is 0.229 e. The minimum Gasteiger partial charge on any atom is -0.390 e. The zero-order chi connectivity index (χ0) is 14.5. The lowest BCUT2D eigenvalue weighted by molar-refractivity contribution is -0.135. The molecule has 4 nitrogen and oxygen atoms in total. The van der Waals surface area contributed by atoms with Gasteiger partial charge in [-0.1, -0.05) is 19.9 Å². The highest BCUT2D eigenvalue weighted by Crippen LogP contribution is 2.27. The summed E-state index contributed by atoms with van der Waals surface area (Å²) in [5.41, 5.74) is 6.09. The normalized spacial score (nSPS) is 24.4. The summed E-state index contributed by atoms with van der Waals surface area (Å²) in [6, 6.07) is 0. The Morgan fingerprint density at radius 2 is 2.15 bits per heavy atom. The second kappa shape index (κ2) is 6.73. The Balaban J connectivity index is 1.94. The second-order valence-corrected chi connectivity index (χ2v) is 6.02. The third-order valence-corrected chi connectivity index (χ3v) is 4.39. The smallest absolute Gasteiger partial charge is 0.229 e. The Labute approximate surface area is 121 Å². The highest BCUT2D eigenvalue weighted by atomic mass is 16.2. The van der Waals surface area contributed by atoms with Crippen LogP contribution in [-0.4, -0.2) is 30.2 Å². The van der Waals surface area contributed by atoms with Crippen LogP contribution in [0, 0.1) is 17.8 Å². The van der Waals surface area contributed by atoms with Gasteiger partial charge in [0.15, 0.2) is 0 Å². The highest BCUT2D eigenvalue weighted by molar-refractivity contribution is 5.81. The quantitative estimate of drug-likeness (QED) is 0.635. The minimum absolute atomic E-state index is 0.0747. The van der Waals surface area contributed by atoms with Crippen LogP contribution in [0.3, 0.4) is 0 Å². The first-order valence-electron chi connectivity index (χ1n) is 7.53. The number of hydrogen-bond acceptors (Lipinski definition) is 2. The summed E-state index contributed by atoms with van der Waals surface area (Å²) in [4.78, 5) is 18.6. The molecular formula is C16H25N3O. The van der Waals surface area contributed by atoms with Gasteiger partial charge in [-0.3, -0.25) is 4.79 Å². The van der Waals surface area contributed by atoms with E-state index in [2.05, 4.69) is 18.8 Å². The van der Waals surface area contributed by atoms with Gasteiger partial charge in [-0.15, -0.1) is 0 Å². The van der Waals surface area contributed by atoms with Crippen molar-refractivity contribution in [2.24, 2.45) is 28.5 Å². The summed E-state index contributed by atoms with van der Waals surface area (Å²) in [6.07, 6.45) is 10.2. The molecule has 0 aromatic carbocycles. The van der Waals surface area contributed by atoms with Crippen molar-refractivity contribution in [3.05, 3.63) is 23.9 Å². The lowest BCUT2D eigenvalue weighted by Crippen LogP contribution is -2.42. The van der Waals surface area contributed by atoms with E-state index in [4.69, 9.17) is 5.73 Å². The summed E-state index contributed by atoms with van der Waals surface area (Å²) in [7, 11) is 0. The van der Waals surface area contributed by atoms with Crippen LogP contribution in [0.4, 0.5) is 0 Å². The van der Waals surface area contributed by atoms with Crippen LogP contribution in [0.5, 0.6) is 0 Å². The molecule has 0 radical (unpaired) electrons. The molecule has 110 valence electrons. The van der Waals surface area contributed by atoms with E-state index in [0.29, 0.717) is 0 Å². The molecule has 1 fully saturated rings. The van der Waals surface area contributed by atoms with Gasteiger partial charge in [0.1, 0.15) is 0 Å². The van der Waals surface area contributed by atoms with Crippen LogP contribution in [0.1, 0.15) is 33.1 Å². The highest BCUT2D eigenvalue weighted by Gasteiger charge is 2.28. The molecule has 0 bridgehead atoms. The number of aliphatic imine (C=N–C) groups is 1. The fourth-order valence-electron chi connectivity index (χ4n) is 3.03. The molecule has 0 saturated carbocycles. The molecule has 1 atom stereocenters. The van der Waals surface area contributed by atoms with Crippen LogP contribution < -0.4 is 5.73 Å². The van der Waals surface area contributed by atoms with E-state index in [1.54, 1.807) is 0 Å². The molecule has 1 aliphatic carbocycles. The number of amides is 1. The van der Waals surface area contributed by atoms with Crippen LogP contribution in [-0.2, 0) is 4.79 Å². The maximum atomic E-state index is 12.5. The van der Waals surface area contributed by atoms with E-state index < -0.39 is 0 Å². The zero-order valence-electron chi connectivity index (χ0n) is 12.5. The molecule has 0 spiro atoms. The van der Waals surface area contributed by atoms with E-state index >= 15 is 0 Å². The van der Waals surface area contributed by atoms with E-state index in [-0.39, 0.29) is 11.8 Å². The summed E-state index contributed by atoms with van der Waals surface area (Å²) >= 11 is 0. The second-order valence-electron chi connectivity index (χ2n) is 6.02. The first kappa shape index (κ1) is 14.8. The van der Waals surface area contributed by atoms with E-state index in [9.17, 15) is 4.79 Å². The number of nitrogens with two attached hydrogens (primary N) is 1. The number of hydrogen-bond donors (Lipinski definition) is 1. The van der Waals surface area contributed by atoms with Crippen molar-refractivity contribution in [1.29, 1.82) is 0 Å². The van der Waals surface area contributed by atoms with Gasteiger partial charge in [-0.2, -0.15) is 0 Å². The summed E-state index contributed by atoms with van der Waals surface area (Å²) in [5, 5.41) is 0. The lowest BCUT2D eigenvalue weighted by atomic mass is 9.86. The van der Waals surface area contributed by atoms with Crippen molar-refractivity contribution in [3.63, 3.8) is 0 Å². The molecule has 2 rings (SSSR count). The monoisotopic (exact) mass is 275 g/mol. The first-order valence-corrected chi connectivity index (χ1v) is 7.53. The number of piperidine rings is 1. The zero-order valence-corrected chi connectivity index (χ0v) is 12.5. The summed E-state index contributed by atoms with van der Waals surface area (Å²) in [6.45, 7) is 6.33. The van der Waals surface area contributed by atoms with Gasteiger partial charge in [-0.05, 0) is 43.3 Å². The van der Waals surface area contributed by atoms with Crippen molar-refractivity contribution >= 4 is 12.2 Å². The number of carbonyl (C=O) groups is 1. The number of nitrogens with zero attached hydrogens (tertiary/aromatic N) is 2. The number of rotatable bonds is 3. The van der Waals surface area contributed by atoms with Gasteiger partial charge >= 0.3 is 0 Å². The topological polar surface area (TPSA) is 58.7 Å². The van der Waals surface area contributed by atoms with Crippen molar-refractivity contribution in [3.8, 4) is 0 Å². The number of likely N-dealkylation sites (tertiary alicyclic amines) is 1. The predicted octanol–water partition coefficient (Wildman–Crippen LogP) is 2.33. The van der Waals surface area contributed by atoms with Gasteiger partial charge in [0.25, 0.3) is 0 Å². The van der Waals surface area contributed by atoms with Gasteiger partial charge in [0.05, 0.1) is 18.0 Å². The molecule has 2 aliphatic rings. The van der Waals surface area contributed by atoms with Crippen LogP contribution in [0.25, 0.3) is 0 Å². The van der Waals surface area contributed by atoms with Gasteiger partial charge in [0.2, 0.25) is 5.91 Å². The van der Waals surface area contributed by atoms with Crippen molar-refractivity contribution in [2.45, 2.75) is 33.1 Å². The average Bonchev–Trinajstić information content (AvgIpc) is 2.47. The third-order valence-electron chi connectivity index (χ3n) is 4.39. The van der Waals surface area contributed by atoms with Crippen molar-refractivity contribution < 1.29 is 4.79 Å². The standard InChI is InChI=1S/C16H25N3O/c1-12(2)13-6-8-19(9-7-13)16(20)14-4-3-5-15(10-14)18-11-17/h3,5,10-14H,4,6-9H2,1-2H3,(H2,17,18). The molecule has 1 unspecified atom stereocenters. The number of carbonyl (C=O) groups excluding carboxylic acids is 1. The largest absolute Gasteiger partial charge is 0.390 e. The third kappa shape index (κ3) is 3.50. The van der Waals surface area contributed by atoms with Crippen molar-refractivity contribution in [2.75, 3.05) is 13.1 Å². The van der Waals surface area contributed by atoms with Crippen LogP contribution in [0.2, 0.25) is 0 Å². The molecular weight excluding hydrogens is 250 g/mol. The maximum absolute atomic E-state index is 12.5. The van der Waals surface area contributed by atoms with E-state index in [0.717, 1.165) is 49.9 Å². The Hall–Kier alpha value is -1.58.